The Balaban J connectivity index is 2.87. The van der Waals surface area contributed by atoms with Crippen molar-refractivity contribution in [1.82, 2.24) is 0 Å². The topological polar surface area (TPSA) is 61.8 Å². The fourth-order valence-corrected chi connectivity index (χ4v) is 1.11. The lowest BCUT2D eigenvalue weighted by Gasteiger charge is -2.20. The Kier molecular flexibility index (Phi) is 3.28. The van der Waals surface area contributed by atoms with Crippen LogP contribution in [0.2, 0.25) is 0 Å². The van der Waals surface area contributed by atoms with E-state index >= 15 is 0 Å². The zero-order valence-electron chi connectivity index (χ0n) is 8.84. The first kappa shape index (κ1) is 11.5. The second kappa shape index (κ2) is 4.28. The average molecular weight is 207 g/mol. The van der Waals surface area contributed by atoms with Gasteiger partial charge < -0.3 is 11.1 Å². The largest absolute Gasteiger partial charge is 0.382 e. The molecular formula is C11H14FN3. The van der Waals surface area contributed by atoms with Crippen molar-refractivity contribution in [3.05, 3.63) is 29.6 Å². The van der Waals surface area contributed by atoms with Crippen LogP contribution in [0.25, 0.3) is 0 Å². The molecule has 0 saturated carbocycles. The quantitative estimate of drug-likeness (QED) is 0.795. The van der Waals surface area contributed by atoms with Crippen molar-refractivity contribution in [2.75, 3.05) is 11.9 Å². The van der Waals surface area contributed by atoms with Gasteiger partial charge in [0.25, 0.3) is 0 Å². The van der Waals surface area contributed by atoms with Crippen molar-refractivity contribution in [1.29, 1.82) is 5.26 Å². The van der Waals surface area contributed by atoms with Crippen molar-refractivity contribution >= 4 is 5.69 Å². The third-order valence-corrected chi connectivity index (χ3v) is 1.86. The number of nitrogens with two attached hydrogens (primary N) is 1. The molecule has 3 N–H and O–H groups in total. The highest BCUT2D eigenvalue weighted by Crippen LogP contribution is 2.18. The molecule has 4 heteroatoms. The Hall–Kier alpha value is -1.60. The number of anilines is 1. The molecule has 0 radical (unpaired) electrons. The van der Waals surface area contributed by atoms with Gasteiger partial charge >= 0.3 is 0 Å². The Morgan fingerprint density at radius 3 is 2.73 bits per heavy atom. The highest BCUT2D eigenvalue weighted by atomic mass is 19.1. The van der Waals surface area contributed by atoms with Crippen LogP contribution in [0.5, 0.6) is 0 Å². The van der Waals surface area contributed by atoms with Crippen LogP contribution in [-0.2, 0) is 0 Å². The number of benzene rings is 1. The number of halogens is 1. The van der Waals surface area contributed by atoms with E-state index in [-0.39, 0.29) is 5.56 Å². The lowest BCUT2D eigenvalue weighted by Crippen LogP contribution is -2.39. The number of nitrogens with zero attached hydrogens (tertiary/aromatic N) is 1. The van der Waals surface area contributed by atoms with Gasteiger partial charge in [-0.3, -0.25) is 0 Å². The zero-order chi connectivity index (χ0) is 11.5. The first-order valence-corrected chi connectivity index (χ1v) is 4.65. The Morgan fingerprint density at radius 2 is 2.20 bits per heavy atom. The Morgan fingerprint density at radius 1 is 1.53 bits per heavy atom. The molecule has 0 aromatic heterocycles. The predicted molar refractivity (Wildman–Crippen MR) is 57.9 cm³/mol. The highest BCUT2D eigenvalue weighted by molar-refractivity contribution is 5.58. The maximum Gasteiger partial charge on any atom is 0.143 e. The average Bonchev–Trinajstić information content (AvgIpc) is 2.13. The van der Waals surface area contributed by atoms with Gasteiger partial charge in [-0.15, -0.1) is 0 Å². The minimum Gasteiger partial charge on any atom is -0.382 e. The molecule has 0 atom stereocenters. The molecule has 80 valence electrons. The van der Waals surface area contributed by atoms with Crippen molar-refractivity contribution in [3.8, 4) is 6.07 Å². The number of hydrogen-bond donors (Lipinski definition) is 2. The van der Waals surface area contributed by atoms with E-state index in [0.29, 0.717) is 12.2 Å². The molecule has 15 heavy (non-hydrogen) atoms. The molecule has 0 amide bonds. The molecule has 0 fully saturated rings. The fraction of sp³-hybridized carbons (Fsp3) is 0.364. The van der Waals surface area contributed by atoms with Crippen LogP contribution in [0, 0.1) is 17.1 Å². The van der Waals surface area contributed by atoms with E-state index < -0.39 is 11.4 Å². The first-order valence-electron chi connectivity index (χ1n) is 4.65. The van der Waals surface area contributed by atoms with Crippen molar-refractivity contribution < 1.29 is 4.39 Å². The van der Waals surface area contributed by atoms with E-state index in [0.717, 1.165) is 0 Å². The first-order chi connectivity index (χ1) is 6.94. The summed E-state index contributed by atoms with van der Waals surface area (Å²) in [6.07, 6.45) is 0. The summed E-state index contributed by atoms with van der Waals surface area (Å²) in [4.78, 5) is 0. The highest BCUT2D eigenvalue weighted by Gasteiger charge is 2.12. The second-order valence-corrected chi connectivity index (χ2v) is 4.12. The monoisotopic (exact) mass is 207 g/mol. The second-order valence-electron chi connectivity index (χ2n) is 4.12. The van der Waals surface area contributed by atoms with Crippen LogP contribution in [0.4, 0.5) is 10.1 Å². The molecule has 0 aliphatic rings. The van der Waals surface area contributed by atoms with Gasteiger partial charge in [-0.05, 0) is 26.0 Å². The maximum absolute atomic E-state index is 13.2. The molecule has 0 bridgehead atoms. The van der Waals surface area contributed by atoms with Gasteiger partial charge in [0.15, 0.2) is 0 Å². The molecule has 0 saturated heterocycles. The molecule has 3 nitrogen and oxygen atoms in total. The molecule has 0 heterocycles. The summed E-state index contributed by atoms with van der Waals surface area (Å²) < 4.78 is 13.2. The van der Waals surface area contributed by atoms with Crippen molar-refractivity contribution in [2.45, 2.75) is 19.4 Å². The summed E-state index contributed by atoms with van der Waals surface area (Å²) in [5, 5.41) is 11.7. The van der Waals surface area contributed by atoms with Gasteiger partial charge in [-0.1, -0.05) is 6.07 Å². The van der Waals surface area contributed by atoms with E-state index in [1.165, 1.54) is 6.07 Å². The van der Waals surface area contributed by atoms with Crippen molar-refractivity contribution in [2.24, 2.45) is 5.73 Å². The van der Waals surface area contributed by atoms with E-state index in [1.807, 2.05) is 19.9 Å². The summed E-state index contributed by atoms with van der Waals surface area (Å²) >= 11 is 0. The summed E-state index contributed by atoms with van der Waals surface area (Å²) in [5.74, 6) is -0.516. The van der Waals surface area contributed by atoms with E-state index in [2.05, 4.69) is 5.32 Å². The third kappa shape index (κ3) is 3.22. The van der Waals surface area contributed by atoms with Crippen LogP contribution >= 0.6 is 0 Å². The van der Waals surface area contributed by atoms with Gasteiger partial charge in [0.2, 0.25) is 0 Å². The lowest BCUT2D eigenvalue weighted by molar-refractivity contribution is 0.548. The normalized spacial score (nSPS) is 10.9. The van der Waals surface area contributed by atoms with Crippen molar-refractivity contribution in [3.63, 3.8) is 0 Å². The summed E-state index contributed by atoms with van der Waals surface area (Å²) in [5.41, 5.74) is 5.88. The number of nitriles is 1. The fourth-order valence-electron chi connectivity index (χ4n) is 1.11. The smallest absolute Gasteiger partial charge is 0.143 e. The van der Waals surface area contributed by atoms with Gasteiger partial charge in [-0.25, -0.2) is 4.39 Å². The standard InChI is InChI=1S/C11H14FN3/c1-11(2,14)7-15-10-5-3-4-9(12)8(10)6-13/h3-5,15H,7,14H2,1-2H3. The number of nitrogens with one attached hydrogen (secondary N) is 1. The molecule has 1 rings (SSSR count). The van der Waals surface area contributed by atoms with Crippen LogP contribution < -0.4 is 11.1 Å². The molecule has 0 aliphatic carbocycles. The molecule has 0 aliphatic heterocycles. The van der Waals surface area contributed by atoms with Gasteiger partial charge in [0, 0.05) is 12.1 Å². The summed E-state index contributed by atoms with van der Waals surface area (Å²) in [6, 6.07) is 6.30. The van der Waals surface area contributed by atoms with E-state index in [1.54, 1.807) is 12.1 Å². The summed E-state index contributed by atoms with van der Waals surface area (Å²) in [7, 11) is 0. The van der Waals surface area contributed by atoms with E-state index in [4.69, 9.17) is 11.0 Å². The molecule has 1 aromatic rings. The minimum absolute atomic E-state index is 0.0294. The number of rotatable bonds is 3. The number of hydrogen-bond acceptors (Lipinski definition) is 3. The third-order valence-electron chi connectivity index (χ3n) is 1.86. The minimum atomic E-state index is -0.516. The predicted octanol–water partition coefficient (Wildman–Crippen LogP) is 1.85. The molecule has 0 unspecified atom stereocenters. The Labute approximate surface area is 88.7 Å². The van der Waals surface area contributed by atoms with Gasteiger partial charge in [0.1, 0.15) is 17.4 Å². The van der Waals surface area contributed by atoms with Crippen LogP contribution in [-0.4, -0.2) is 12.1 Å². The van der Waals surface area contributed by atoms with Crippen LogP contribution in [0.1, 0.15) is 19.4 Å². The van der Waals surface area contributed by atoms with Gasteiger partial charge in [0.05, 0.1) is 5.69 Å². The van der Waals surface area contributed by atoms with Gasteiger partial charge in [-0.2, -0.15) is 5.26 Å². The van der Waals surface area contributed by atoms with E-state index in [9.17, 15) is 4.39 Å². The van der Waals surface area contributed by atoms with Crippen LogP contribution in [0.15, 0.2) is 18.2 Å². The lowest BCUT2D eigenvalue weighted by atomic mass is 10.1. The maximum atomic E-state index is 13.2. The van der Waals surface area contributed by atoms with Crippen LogP contribution in [0.3, 0.4) is 0 Å². The summed E-state index contributed by atoms with van der Waals surface area (Å²) in [6.45, 7) is 4.18. The molecular weight excluding hydrogens is 193 g/mol. The zero-order valence-corrected chi connectivity index (χ0v) is 8.84. The Bertz CT molecular complexity index is 388. The molecule has 1 aromatic carbocycles. The SMILES string of the molecule is CC(C)(N)CNc1cccc(F)c1C#N. The molecule has 0 spiro atoms.